The molecule has 0 atom stereocenters. The molecule has 1 aliphatic carbocycles. The van der Waals surface area contributed by atoms with Crippen LogP contribution in [0.15, 0.2) is 41.3 Å². The van der Waals surface area contributed by atoms with Crippen LogP contribution < -0.4 is 9.46 Å². The lowest BCUT2D eigenvalue weighted by Gasteiger charge is -2.14. The van der Waals surface area contributed by atoms with Gasteiger partial charge in [0, 0.05) is 17.2 Å². The van der Waals surface area contributed by atoms with Crippen LogP contribution in [0.25, 0.3) is 0 Å². The van der Waals surface area contributed by atoms with Gasteiger partial charge in [0.05, 0.1) is 7.11 Å². The first-order chi connectivity index (χ1) is 11.8. The van der Waals surface area contributed by atoms with Crippen molar-refractivity contribution < 1.29 is 17.9 Å². The Balaban J connectivity index is 1.86. The second kappa shape index (κ2) is 6.52. The molecule has 0 heterocycles. The van der Waals surface area contributed by atoms with Gasteiger partial charge in [0.15, 0.2) is 5.78 Å². The topological polar surface area (TPSA) is 72.5 Å². The number of ketones is 1. The number of hydrogen-bond acceptors (Lipinski definition) is 4. The molecule has 0 bridgehead atoms. The molecule has 2 aromatic carbocycles. The summed E-state index contributed by atoms with van der Waals surface area (Å²) in [6.45, 7) is 3.75. The van der Waals surface area contributed by atoms with Gasteiger partial charge in [-0.05, 0) is 74.2 Å². The highest BCUT2D eigenvalue weighted by atomic mass is 32.2. The van der Waals surface area contributed by atoms with Gasteiger partial charge in [-0.15, -0.1) is 0 Å². The first kappa shape index (κ1) is 17.5. The van der Waals surface area contributed by atoms with Gasteiger partial charge in [0.25, 0.3) is 10.0 Å². The molecule has 0 saturated heterocycles. The Labute approximate surface area is 148 Å². The van der Waals surface area contributed by atoms with E-state index in [0.717, 1.165) is 24.0 Å². The van der Waals surface area contributed by atoms with E-state index in [-0.39, 0.29) is 16.6 Å². The van der Waals surface area contributed by atoms with E-state index >= 15 is 0 Å². The molecule has 0 amide bonds. The quantitative estimate of drug-likeness (QED) is 0.798. The molecule has 0 unspecified atom stereocenters. The third-order valence-electron chi connectivity index (χ3n) is 4.44. The van der Waals surface area contributed by atoms with Crippen molar-refractivity contribution in [3.63, 3.8) is 0 Å². The number of carbonyl (C=O) groups is 1. The van der Waals surface area contributed by atoms with Crippen LogP contribution in [-0.4, -0.2) is 21.3 Å². The molecule has 2 aromatic rings. The Bertz CT molecular complexity index is 913. The van der Waals surface area contributed by atoms with Gasteiger partial charge < -0.3 is 4.74 Å². The lowest BCUT2D eigenvalue weighted by Crippen LogP contribution is -2.14. The Morgan fingerprint density at radius 3 is 2.24 bits per heavy atom. The number of rotatable bonds is 6. The van der Waals surface area contributed by atoms with E-state index < -0.39 is 10.0 Å². The standard InChI is InChI=1S/C19H21NO4S/c1-12-10-17(24-3)18(11-13(12)2)25(22,23)20-16-8-6-15(7-9-16)19(21)14-4-5-14/h6-11,14,20H,4-5H2,1-3H3. The van der Waals surface area contributed by atoms with Crippen LogP contribution in [0.2, 0.25) is 0 Å². The Hall–Kier alpha value is -2.34. The molecule has 5 nitrogen and oxygen atoms in total. The minimum absolute atomic E-state index is 0.0937. The second-order valence-corrected chi connectivity index (χ2v) is 8.06. The summed E-state index contributed by atoms with van der Waals surface area (Å²) >= 11 is 0. The van der Waals surface area contributed by atoms with Crippen molar-refractivity contribution in [2.45, 2.75) is 31.6 Å². The van der Waals surface area contributed by atoms with Crippen LogP contribution in [-0.2, 0) is 10.0 Å². The summed E-state index contributed by atoms with van der Waals surface area (Å²) in [4.78, 5) is 12.1. The van der Waals surface area contributed by atoms with E-state index in [1.807, 2.05) is 13.8 Å². The predicted octanol–water partition coefficient (Wildman–Crippen LogP) is 3.71. The van der Waals surface area contributed by atoms with E-state index in [1.54, 1.807) is 36.4 Å². The minimum Gasteiger partial charge on any atom is -0.495 e. The van der Waals surface area contributed by atoms with Crippen molar-refractivity contribution in [3.8, 4) is 5.75 Å². The smallest absolute Gasteiger partial charge is 0.265 e. The average Bonchev–Trinajstić information content (AvgIpc) is 3.41. The van der Waals surface area contributed by atoms with Crippen molar-refractivity contribution in [3.05, 3.63) is 53.1 Å². The van der Waals surface area contributed by atoms with Crippen LogP contribution in [0.1, 0.15) is 34.3 Å². The summed E-state index contributed by atoms with van der Waals surface area (Å²) in [5.74, 6) is 0.573. The van der Waals surface area contributed by atoms with Crippen molar-refractivity contribution >= 4 is 21.5 Å². The highest BCUT2D eigenvalue weighted by Crippen LogP contribution is 2.33. The predicted molar refractivity (Wildman–Crippen MR) is 96.8 cm³/mol. The molecule has 0 aromatic heterocycles. The minimum atomic E-state index is -3.79. The average molecular weight is 359 g/mol. The fourth-order valence-corrected chi connectivity index (χ4v) is 3.92. The van der Waals surface area contributed by atoms with Crippen molar-refractivity contribution in [1.82, 2.24) is 0 Å². The lowest BCUT2D eigenvalue weighted by molar-refractivity contribution is 0.0967. The maximum atomic E-state index is 12.7. The number of nitrogens with one attached hydrogen (secondary N) is 1. The molecule has 132 valence electrons. The number of anilines is 1. The zero-order valence-electron chi connectivity index (χ0n) is 14.5. The summed E-state index contributed by atoms with van der Waals surface area (Å²) in [6.07, 6.45) is 1.89. The van der Waals surface area contributed by atoms with Crippen molar-refractivity contribution in [2.75, 3.05) is 11.8 Å². The third-order valence-corrected chi connectivity index (χ3v) is 5.84. The van der Waals surface area contributed by atoms with E-state index in [9.17, 15) is 13.2 Å². The fraction of sp³-hybridized carbons (Fsp3) is 0.316. The van der Waals surface area contributed by atoms with Crippen LogP contribution in [0.5, 0.6) is 5.75 Å². The number of sulfonamides is 1. The van der Waals surface area contributed by atoms with Crippen LogP contribution in [0.3, 0.4) is 0 Å². The fourth-order valence-electron chi connectivity index (χ4n) is 2.63. The highest BCUT2D eigenvalue weighted by molar-refractivity contribution is 7.92. The van der Waals surface area contributed by atoms with E-state index in [1.165, 1.54) is 7.11 Å². The molecule has 25 heavy (non-hydrogen) atoms. The first-order valence-electron chi connectivity index (χ1n) is 8.14. The number of hydrogen-bond donors (Lipinski definition) is 1. The number of methoxy groups -OCH3 is 1. The monoisotopic (exact) mass is 359 g/mol. The summed E-state index contributed by atoms with van der Waals surface area (Å²) < 4.78 is 33.2. The summed E-state index contributed by atoms with van der Waals surface area (Å²) in [5.41, 5.74) is 2.85. The van der Waals surface area contributed by atoms with Crippen molar-refractivity contribution in [2.24, 2.45) is 5.92 Å². The Morgan fingerprint density at radius 1 is 1.08 bits per heavy atom. The first-order valence-corrected chi connectivity index (χ1v) is 9.62. The number of Topliss-reactive ketones (excluding diaryl/α,β-unsaturated/α-hetero) is 1. The van der Waals surface area contributed by atoms with Crippen molar-refractivity contribution in [1.29, 1.82) is 0 Å². The van der Waals surface area contributed by atoms with Gasteiger partial charge in [-0.3, -0.25) is 9.52 Å². The van der Waals surface area contributed by atoms with E-state index in [4.69, 9.17) is 4.74 Å². The van der Waals surface area contributed by atoms with Gasteiger partial charge in [0.2, 0.25) is 0 Å². The Kier molecular flexibility index (Phi) is 4.56. The molecule has 0 radical (unpaired) electrons. The molecule has 3 rings (SSSR count). The van der Waals surface area contributed by atoms with E-state index in [0.29, 0.717) is 17.0 Å². The molecule has 1 aliphatic rings. The third kappa shape index (κ3) is 3.69. The summed E-state index contributed by atoms with van der Waals surface area (Å²) in [5, 5.41) is 0. The second-order valence-electron chi connectivity index (χ2n) is 6.41. The molecular formula is C19H21NO4S. The molecule has 0 aliphatic heterocycles. The number of carbonyl (C=O) groups excluding carboxylic acids is 1. The van der Waals surface area contributed by atoms with Gasteiger partial charge in [0.1, 0.15) is 10.6 Å². The molecule has 1 fully saturated rings. The van der Waals surface area contributed by atoms with Gasteiger partial charge >= 0.3 is 0 Å². The van der Waals surface area contributed by atoms with E-state index in [2.05, 4.69) is 4.72 Å². The number of aryl methyl sites for hydroxylation is 2. The highest BCUT2D eigenvalue weighted by Gasteiger charge is 2.30. The molecule has 1 saturated carbocycles. The SMILES string of the molecule is COc1cc(C)c(C)cc1S(=O)(=O)Nc1ccc(C(=O)C2CC2)cc1. The zero-order chi connectivity index (χ0) is 18.2. The van der Waals surface area contributed by atoms with Crippen LogP contribution >= 0.6 is 0 Å². The maximum absolute atomic E-state index is 12.7. The molecular weight excluding hydrogens is 338 g/mol. The van der Waals surface area contributed by atoms with Crippen LogP contribution in [0.4, 0.5) is 5.69 Å². The molecule has 6 heteroatoms. The number of benzene rings is 2. The van der Waals surface area contributed by atoms with Gasteiger partial charge in [-0.2, -0.15) is 0 Å². The lowest BCUT2D eigenvalue weighted by atomic mass is 10.1. The van der Waals surface area contributed by atoms with Gasteiger partial charge in [-0.1, -0.05) is 0 Å². The Morgan fingerprint density at radius 2 is 1.68 bits per heavy atom. The summed E-state index contributed by atoms with van der Waals surface area (Å²) in [7, 11) is -2.35. The van der Waals surface area contributed by atoms with Crippen LogP contribution in [0, 0.1) is 19.8 Å². The molecule has 1 N–H and O–H groups in total. The molecule has 0 spiro atoms. The number of ether oxygens (including phenoxy) is 1. The summed E-state index contributed by atoms with van der Waals surface area (Å²) in [6, 6.07) is 9.86. The maximum Gasteiger partial charge on any atom is 0.265 e. The normalized spacial score (nSPS) is 14.2. The zero-order valence-corrected chi connectivity index (χ0v) is 15.3. The van der Waals surface area contributed by atoms with Gasteiger partial charge in [-0.25, -0.2) is 8.42 Å². The largest absolute Gasteiger partial charge is 0.495 e.